The van der Waals surface area contributed by atoms with Crippen molar-refractivity contribution in [3.05, 3.63) is 76.2 Å². The highest BCUT2D eigenvalue weighted by atomic mass is 32.1. The fourth-order valence-corrected chi connectivity index (χ4v) is 5.02. The van der Waals surface area contributed by atoms with Crippen LogP contribution in [0.3, 0.4) is 0 Å². The lowest BCUT2D eigenvalue weighted by Crippen LogP contribution is -2.51. The van der Waals surface area contributed by atoms with Crippen LogP contribution in [0.2, 0.25) is 0 Å². The Bertz CT molecular complexity index is 1310. The summed E-state index contributed by atoms with van der Waals surface area (Å²) in [5.41, 5.74) is 5.87. The molecule has 0 aliphatic carbocycles. The molecule has 3 amide bonds. The first-order valence-corrected chi connectivity index (χ1v) is 13.0. The largest absolute Gasteiger partial charge is 0.457 e. The number of thiazole rings is 1. The van der Waals surface area contributed by atoms with E-state index < -0.39 is 11.9 Å². The Labute approximate surface area is 224 Å². The first-order valence-electron chi connectivity index (χ1n) is 12.2. The zero-order valence-electron chi connectivity index (χ0n) is 21.1. The van der Waals surface area contributed by atoms with E-state index in [1.165, 1.54) is 17.5 Å². The van der Waals surface area contributed by atoms with Crippen molar-refractivity contribution in [3.63, 3.8) is 0 Å². The number of para-hydroxylation sites is 1. The molecule has 2 unspecified atom stereocenters. The predicted molar refractivity (Wildman–Crippen MR) is 144 cm³/mol. The second-order valence-electron chi connectivity index (χ2n) is 9.14. The number of benzene rings is 2. The van der Waals surface area contributed by atoms with Gasteiger partial charge in [-0.3, -0.25) is 19.8 Å². The van der Waals surface area contributed by atoms with Gasteiger partial charge in [0.2, 0.25) is 11.8 Å². The van der Waals surface area contributed by atoms with Gasteiger partial charge in [-0.25, -0.2) is 4.98 Å². The van der Waals surface area contributed by atoms with Crippen molar-refractivity contribution >= 4 is 34.9 Å². The third-order valence-electron chi connectivity index (χ3n) is 6.51. The van der Waals surface area contributed by atoms with Gasteiger partial charge < -0.3 is 26.0 Å². The number of nitrogens with two attached hydrogens (primary N) is 1. The van der Waals surface area contributed by atoms with Crippen LogP contribution in [0.1, 0.15) is 40.5 Å². The monoisotopic (exact) mass is 534 g/mol. The molecule has 1 saturated heterocycles. The standard InChI is InChI=1S/C27H30N6O4S/c1-16-12-21(27(36)31-14-23-30-13-22(38-23)25(28)29)33(17(16)2)24(34)15-32-26(35)18-8-10-20(11-9-18)37-19-6-4-3-5-7-19/h3-11,13,16-17,21H,12,14-15H2,1-2H3,(H3,28,29)(H,31,36)(H,32,35)/t16-,17?,21?/m0/s1. The molecule has 38 heavy (non-hydrogen) atoms. The number of nitrogen functional groups attached to an aromatic ring is 1. The molecule has 3 aromatic rings. The van der Waals surface area contributed by atoms with Gasteiger partial charge in [-0.15, -0.1) is 11.3 Å². The number of hydrogen-bond donors (Lipinski definition) is 4. The number of nitrogens with zero attached hydrogens (tertiary/aromatic N) is 2. The number of rotatable bonds is 9. The van der Waals surface area contributed by atoms with E-state index >= 15 is 0 Å². The summed E-state index contributed by atoms with van der Waals surface area (Å²) in [7, 11) is 0. The van der Waals surface area contributed by atoms with E-state index in [-0.39, 0.29) is 42.7 Å². The molecule has 0 spiro atoms. The molecule has 3 atom stereocenters. The smallest absolute Gasteiger partial charge is 0.251 e. The Kier molecular flexibility index (Phi) is 8.37. The molecule has 1 fully saturated rings. The van der Waals surface area contributed by atoms with Gasteiger partial charge in [-0.1, -0.05) is 25.1 Å². The zero-order valence-corrected chi connectivity index (χ0v) is 22.0. The van der Waals surface area contributed by atoms with E-state index in [4.69, 9.17) is 15.9 Å². The molecule has 1 aliphatic rings. The molecule has 198 valence electrons. The van der Waals surface area contributed by atoms with Crippen molar-refractivity contribution in [3.8, 4) is 11.5 Å². The van der Waals surface area contributed by atoms with Crippen molar-refractivity contribution in [2.75, 3.05) is 6.54 Å². The Hall–Kier alpha value is -4.25. The molecular formula is C27H30N6O4S. The highest BCUT2D eigenvalue weighted by Crippen LogP contribution is 2.30. The molecule has 10 nitrogen and oxygen atoms in total. The molecule has 2 heterocycles. The third kappa shape index (κ3) is 6.35. The molecule has 4 rings (SSSR count). The molecule has 5 N–H and O–H groups in total. The van der Waals surface area contributed by atoms with Crippen molar-refractivity contribution < 1.29 is 19.1 Å². The molecule has 1 aliphatic heterocycles. The van der Waals surface area contributed by atoms with Crippen LogP contribution in [0.5, 0.6) is 11.5 Å². The van der Waals surface area contributed by atoms with E-state index in [0.29, 0.717) is 33.4 Å². The number of likely N-dealkylation sites (tertiary alicyclic amines) is 1. The lowest BCUT2D eigenvalue weighted by atomic mass is 10.0. The zero-order chi connectivity index (χ0) is 27.2. The average Bonchev–Trinajstić information content (AvgIpc) is 3.51. The molecule has 0 saturated carbocycles. The number of aromatic nitrogens is 1. The van der Waals surface area contributed by atoms with Crippen LogP contribution < -0.4 is 21.1 Å². The highest BCUT2D eigenvalue weighted by Gasteiger charge is 2.42. The second-order valence-corrected chi connectivity index (χ2v) is 10.3. The lowest BCUT2D eigenvalue weighted by Gasteiger charge is -2.28. The molecule has 0 bridgehead atoms. The molecule has 11 heteroatoms. The van der Waals surface area contributed by atoms with E-state index in [1.807, 2.05) is 44.2 Å². The lowest BCUT2D eigenvalue weighted by molar-refractivity contribution is -0.139. The van der Waals surface area contributed by atoms with Crippen LogP contribution >= 0.6 is 11.3 Å². The van der Waals surface area contributed by atoms with Gasteiger partial charge in [-0.2, -0.15) is 0 Å². The van der Waals surface area contributed by atoms with Crippen LogP contribution in [0.25, 0.3) is 0 Å². The molecule has 2 aromatic carbocycles. The van der Waals surface area contributed by atoms with E-state index in [1.54, 1.807) is 29.2 Å². The maximum atomic E-state index is 13.1. The number of ether oxygens (including phenoxy) is 1. The van der Waals surface area contributed by atoms with Gasteiger partial charge in [0.15, 0.2) is 0 Å². The maximum absolute atomic E-state index is 13.1. The number of carbonyl (C=O) groups is 3. The quantitative estimate of drug-likeness (QED) is 0.245. The number of amidine groups is 1. The summed E-state index contributed by atoms with van der Waals surface area (Å²) in [6.45, 7) is 3.86. The summed E-state index contributed by atoms with van der Waals surface area (Å²) in [4.78, 5) is 45.0. The predicted octanol–water partition coefficient (Wildman–Crippen LogP) is 2.89. The number of carbonyl (C=O) groups excluding carboxylic acids is 3. The Morgan fingerprint density at radius 1 is 1.08 bits per heavy atom. The van der Waals surface area contributed by atoms with Gasteiger partial charge in [0, 0.05) is 17.8 Å². The van der Waals surface area contributed by atoms with Crippen molar-refractivity contribution in [1.82, 2.24) is 20.5 Å². The van der Waals surface area contributed by atoms with Crippen LogP contribution in [0, 0.1) is 11.3 Å². The van der Waals surface area contributed by atoms with Crippen LogP contribution in [0.4, 0.5) is 0 Å². The Balaban J connectivity index is 1.32. The normalized spacial score (nSPS) is 18.6. The minimum Gasteiger partial charge on any atom is -0.457 e. The SMILES string of the molecule is CC1[C@@H](C)CC(C(=O)NCc2ncc(C(=N)N)s2)N1C(=O)CNC(=O)c1ccc(Oc2ccccc2)cc1. The fraction of sp³-hybridized carbons (Fsp3) is 0.296. The van der Waals surface area contributed by atoms with Gasteiger partial charge >= 0.3 is 0 Å². The van der Waals surface area contributed by atoms with Crippen LogP contribution in [-0.4, -0.2) is 52.1 Å². The summed E-state index contributed by atoms with van der Waals surface area (Å²) in [5.74, 6) is 0.321. The second kappa shape index (κ2) is 11.9. The minimum atomic E-state index is -0.647. The molecule has 0 radical (unpaired) electrons. The highest BCUT2D eigenvalue weighted by molar-refractivity contribution is 7.13. The summed E-state index contributed by atoms with van der Waals surface area (Å²) in [6, 6.07) is 15.1. The Morgan fingerprint density at radius 3 is 2.42 bits per heavy atom. The Morgan fingerprint density at radius 2 is 1.76 bits per heavy atom. The van der Waals surface area contributed by atoms with Gasteiger partial charge in [0.25, 0.3) is 5.91 Å². The third-order valence-corrected chi connectivity index (χ3v) is 7.54. The summed E-state index contributed by atoms with van der Waals surface area (Å²) < 4.78 is 5.75. The van der Waals surface area contributed by atoms with E-state index in [9.17, 15) is 14.4 Å². The molecular weight excluding hydrogens is 504 g/mol. The number of amides is 3. The van der Waals surface area contributed by atoms with Gasteiger partial charge in [-0.05, 0) is 55.7 Å². The van der Waals surface area contributed by atoms with Crippen molar-refractivity contribution in [2.45, 2.75) is 38.9 Å². The van der Waals surface area contributed by atoms with Gasteiger partial charge in [0.1, 0.15) is 28.4 Å². The summed E-state index contributed by atoms with van der Waals surface area (Å²) in [6.07, 6.45) is 2.02. The minimum absolute atomic E-state index is 0.0752. The van der Waals surface area contributed by atoms with Gasteiger partial charge in [0.05, 0.1) is 18.0 Å². The average molecular weight is 535 g/mol. The van der Waals surface area contributed by atoms with E-state index in [2.05, 4.69) is 15.6 Å². The van der Waals surface area contributed by atoms with Crippen LogP contribution in [0.15, 0.2) is 60.8 Å². The first kappa shape index (κ1) is 26.8. The van der Waals surface area contributed by atoms with Crippen molar-refractivity contribution in [1.29, 1.82) is 5.41 Å². The summed E-state index contributed by atoms with van der Waals surface area (Å²) in [5, 5.41) is 13.6. The number of nitrogens with one attached hydrogen (secondary N) is 3. The topological polar surface area (TPSA) is 150 Å². The fourth-order valence-electron chi connectivity index (χ4n) is 4.30. The summed E-state index contributed by atoms with van der Waals surface area (Å²) >= 11 is 1.23. The molecule has 1 aromatic heterocycles. The number of hydrogen-bond acceptors (Lipinski definition) is 7. The van der Waals surface area contributed by atoms with Crippen molar-refractivity contribution in [2.24, 2.45) is 11.7 Å². The van der Waals surface area contributed by atoms with Crippen LogP contribution in [-0.2, 0) is 16.1 Å². The maximum Gasteiger partial charge on any atom is 0.251 e. The van der Waals surface area contributed by atoms with E-state index in [0.717, 1.165) is 0 Å². The first-order chi connectivity index (χ1) is 18.2.